The molecular weight excluding hydrogens is 224 g/mol. The predicted octanol–water partition coefficient (Wildman–Crippen LogP) is 3.18. The quantitative estimate of drug-likeness (QED) is 0.879. The van der Waals surface area contributed by atoms with Crippen LogP contribution in [0.4, 0.5) is 0 Å². The molecule has 0 spiro atoms. The van der Waals surface area contributed by atoms with Gasteiger partial charge in [0.1, 0.15) is 0 Å². The van der Waals surface area contributed by atoms with E-state index in [0.29, 0.717) is 0 Å². The van der Waals surface area contributed by atoms with Gasteiger partial charge in [-0.1, -0.05) is 32.0 Å². The summed E-state index contributed by atoms with van der Waals surface area (Å²) in [4.78, 5) is 19.0. The fourth-order valence-corrected chi connectivity index (χ4v) is 2.17. The smallest absolute Gasteiger partial charge is 0.254 e. The maximum absolute atomic E-state index is 12.0. The van der Waals surface area contributed by atoms with Crippen LogP contribution in [0.5, 0.6) is 0 Å². The van der Waals surface area contributed by atoms with Gasteiger partial charge < -0.3 is 4.98 Å². The Morgan fingerprint density at radius 3 is 2.61 bits per heavy atom. The van der Waals surface area contributed by atoms with Crippen LogP contribution >= 0.6 is 0 Å². The SMILES string of the molecule is Cc1cccc(-c2nc[nH]c(=O)c2C(C)C)c1C. The summed E-state index contributed by atoms with van der Waals surface area (Å²) in [5.41, 5.74) is 4.95. The Morgan fingerprint density at radius 2 is 1.94 bits per heavy atom. The average Bonchev–Trinajstić information content (AvgIpc) is 2.32. The lowest BCUT2D eigenvalue weighted by molar-refractivity contribution is 0.833. The third kappa shape index (κ3) is 2.08. The number of H-pyrrole nitrogens is 1. The number of benzene rings is 1. The van der Waals surface area contributed by atoms with Crippen molar-refractivity contribution < 1.29 is 0 Å². The molecular formula is C15H18N2O. The fourth-order valence-electron chi connectivity index (χ4n) is 2.17. The van der Waals surface area contributed by atoms with Gasteiger partial charge in [0, 0.05) is 11.1 Å². The van der Waals surface area contributed by atoms with Crippen molar-refractivity contribution in [3.63, 3.8) is 0 Å². The number of rotatable bonds is 2. The van der Waals surface area contributed by atoms with Gasteiger partial charge in [0.25, 0.3) is 5.56 Å². The molecule has 0 unspecified atom stereocenters. The van der Waals surface area contributed by atoms with Crippen molar-refractivity contribution in [2.75, 3.05) is 0 Å². The molecule has 0 fully saturated rings. The number of nitrogens with one attached hydrogen (secondary N) is 1. The first-order valence-electron chi connectivity index (χ1n) is 6.16. The zero-order valence-corrected chi connectivity index (χ0v) is 11.2. The molecule has 0 aliphatic rings. The third-order valence-electron chi connectivity index (χ3n) is 3.33. The van der Waals surface area contributed by atoms with Gasteiger partial charge >= 0.3 is 0 Å². The number of aromatic nitrogens is 2. The summed E-state index contributed by atoms with van der Waals surface area (Å²) < 4.78 is 0. The van der Waals surface area contributed by atoms with Crippen molar-refractivity contribution in [2.24, 2.45) is 0 Å². The molecule has 3 nitrogen and oxygen atoms in total. The molecule has 0 saturated heterocycles. The second-order valence-corrected chi connectivity index (χ2v) is 4.90. The maximum Gasteiger partial charge on any atom is 0.254 e. The van der Waals surface area contributed by atoms with Crippen LogP contribution in [-0.4, -0.2) is 9.97 Å². The Bertz CT molecular complexity index is 627. The van der Waals surface area contributed by atoms with Gasteiger partial charge in [0.2, 0.25) is 0 Å². The Morgan fingerprint density at radius 1 is 1.22 bits per heavy atom. The van der Waals surface area contributed by atoms with Crippen LogP contribution in [0, 0.1) is 13.8 Å². The largest absolute Gasteiger partial charge is 0.313 e. The van der Waals surface area contributed by atoms with Crippen LogP contribution < -0.4 is 5.56 Å². The van der Waals surface area contributed by atoms with Gasteiger partial charge in [0.05, 0.1) is 12.0 Å². The highest BCUT2D eigenvalue weighted by Crippen LogP contribution is 2.28. The van der Waals surface area contributed by atoms with Crippen molar-refractivity contribution in [3.8, 4) is 11.3 Å². The van der Waals surface area contributed by atoms with Crippen LogP contribution in [0.1, 0.15) is 36.5 Å². The second kappa shape index (κ2) is 4.77. The molecule has 0 atom stereocenters. The van der Waals surface area contributed by atoms with E-state index < -0.39 is 0 Å². The zero-order chi connectivity index (χ0) is 13.3. The maximum atomic E-state index is 12.0. The Labute approximate surface area is 107 Å². The van der Waals surface area contributed by atoms with Crippen molar-refractivity contribution in [3.05, 3.63) is 51.6 Å². The molecule has 3 heteroatoms. The first-order chi connectivity index (χ1) is 8.52. The molecule has 0 aliphatic heterocycles. The highest BCUT2D eigenvalue weighted by atomic mass is 16.1. The minimum absolute atomic E-state index is 0.0455. The molecule has 0 saturated carbocycles. The summed E-state index contributed by atoms with van der Waals surface area (Å²) >= 11 is 0. The predicted molar refractivity (Wildman–Crippen MR) is 73.9 cm³/mol. The number of hydrogen-bond acceptors (Lipinski definition) is 2. The van der Waals surface area contributed by atoms with E-state index >= 15 is 0 Å². The van der Waals surface area contributed by atoms with Gasteiger partial charge in [-0.05, 0) is 30.9 Å². The molecule has 0 radical (unpaired) electrons. The van der Waals surface area contributed by atoms with E-state index in [1.807, 2.05) is 26.0 Å². The lowest BCUT2D eigenvalue weighted by atomic mass is 9.94. The standard InChI is InChI=1S/C15H18N2O/c1-9(2)13-14(16-8-17-15(13)18)12-7-5-6-10(3)11(12)4/h5-9H,1-4H3,(H,16,17,18). The zero-order valence-electron chi connectivity index (χ0n) is 11.2. The highest BCUT2D eigenvalue weighted by Gasteiger charge is 2.15. The van der Waals surface area contributed by atoms with E-state index in [0.717, 1.165) is 16.8 Å². The van der Waals surface area contributed by atoms with E-state index in [-0.39, 0.29) is 11.5 Å². The van der Waals surface area contributed by atoms with Gasteiger partial charge in [-0.25, -0.2) is 4.98 Å². The average molecular weight is 242 g/mol. The summed E-state index contributed by atoms with van der Waals surface area (Å²) in [6.07, 6.45) is 1.48. The second-order valence-electron chi connectivity index (χ2n) is 4.90. The first-order valence-corrected chi connectivity index (χ1v) is 6.16. The minimum Gasteiger partial charge on any atom is -0.313 e. The molecule has 1 heterocycles. The Kier molecular flexibility index (Phi) is 3.32. The Balaban J connectivity index is 2.76. The summed E-state index contributed by atoms with van der Waals surface area (Å²) in [5.74, 6) is 0.150. The lowest BCUT2D eigenvalue weighted by Crippen LogP contribution is -2.16. The summed E-state index contributed by atoms with van der Waals surface area (Å²) in [5, 5.41) is 0. The molecule has 1 aromatic heterocycles. The van der Waals surface area contributed by atoms with Gasteiger partial charge in [-0.2, -0.15) is 0 Å². The normalized spacial score (nSPS) is 10.9. The van der Waals surface area contributed by atoms with Crippen LogP contribution in [0.15, 0.2) is 29.3 Å². The molecule has 1 aromatic carbocycles. The number of hydrogen-bond donors (Lipinski definition) is 1. The molecule has 94 valence electrons. The van der Waals surface area contributed by atoms with Crippen molar-refractivity contribution in [1.29, 1.82) is 0 Å². The first kappa shape index (κ1) is 12.6. The molecule has 2 rings (SSSR count). The molecule has 2 aromatic rings. The summed E-state index contributed by atoms with van der Waals surface area (Å²) in [7, 11) is 0. The Hall–Kier alpha value is -1.90. The fraction of sp³-hybridized carbons (Fsp3) is 0.333. The van der Waals surface area contributed by atoms with Crippen LogP contribution in [0.2, 0.25) is 0 Å². The number of nitrogens with zero attached hydrogens (tertiary/aromatic N) is 1. The van der Waals surface area contributed by atoms with Crippen molar-refractivity contribution >= 4 is 0 Å². The number of aromatic amines is 1. The van der Waals surface area contributed by atoms with E-state index in [1.165, 1.54) is 17.5 Å². The van der Waals surface area contributed by atoms with Gasteiger partial charge in [0.15, 0.2) is 0 Å². The third-order valence-corrected chi connectivity index (χ3v) is 3.33. The minimum atomic E-state index is -0.0455. The van der Waals surface area contributed by atoms with Crippen LogP contribution in [-0.2, 0) is 0 Å². The molecule has 0 aliphatic carbocycles. The van der Waals surface area contributed by atoms with E-state index in [9.17, 15) is 4.79 Å². The molecule has 0 bridgehead atoms. The molecule has 18 heavy (non-hydrogen) atoms. The molecule has 1 N–H and O–H groups in total. The molecule has 0 amide bonds. The van der Waals surface area contributed by atoms with Crippen molar-refractivity contribution in [2.45, 2.75) is 33.6 Å². The van der Waals surface area contributed by atoms with Crippen LogP contribution in [0.3, 0.4) is 0 Å². The van der Waals surface area contributed by atoms with E-state index in [1.54, 1.807) is 0 Å². The van der Waals surface area contributed by atoms with Crippen molar-refractivity contribution in [1.82, 2.24) is 9.97 Å². The topological polar surface area (TPSA) is 45.8 Å². The van der Waals surface area contributed by atoms with Gasteiger partial charge in [-0.15, -0.1) is 0 Å². The summed E-state index contributed by atoms with van der Waals surface area (Å²) in [6.45, 7) is 8.17. The van der Waals surface area contributed by atoms with E-state index in [2.05, 4.69) is 29.9 Å². The number of aryl methyl sites for hydroxylation is 1. The van der Waals surface area contributed by atoms with E-state index in [4.69, 9.17) is 0 Å². The van der Waals surface area contributed by atoms with Crippen LogP contribution in [0.25, 0.3) is 11.3 Å². The van der Waals surface area contributed by atoms with Gasteiger partial charge in [-0.3, -0.25) is 4.79 Å². The monoisotopic (exact) mass is 242 g/mol. The lowest BCUT2D eigenvalue weighted by Gasteiger charge is -2.13. The highest BCUT2D eigenvalue weighted by molar-refractivity contribution is 5.68. The summed E-state index contributed by atoms with van der Waals surface area (Å²) in [6, 6.07) is 6.10.